The number of fused-ring (bicyclic) bond motifs is 1. The van der Waals surface area contributed by atoms with E-state index in [0.29, 0.717) is 29.7 Å². The van der Waals surface area contributed by atoms with Crippen molar-refractivity contribution in [1.82, 2.24) is 10.3 Å². The molecule has 1 atom stereocenters. The van der Waals surface area contributed by atoms with Gasteiger partial charge in [-0.25, -0.2) is 9.59 Å². The summed E-state index contributed by atoms with van der Waals surface area (Å²) in [4.78, 5) is 55.7. The van der Waals surface area contributed by atoms with E-state index in [1.54, 1.807) is 31.0 Å². The van der Waals surface area contributed by atoms with Gasteiger partial charge in [0.05, 0.1) is 10.9 Å². The van der Waals surface area contributed by atoms with Gasteiger partial charge in [0.1, 0.15) is 12.6 Å². The summed E-state index contributed by atoms with van der Waals surface area (Å²) < 4.78 is 10.7. The second-order valence-corrected chi connectivity index (χ2v) is 9.83. The maximum absolute atomic E-state index is 13.5. The zero-order chi connectivity index (χ0) is 30.1. The number of aromatic nitrogens is 1. The number of aliphatic carboxylic acids is 1. The molecule has 0 aliphatic rings. The number of hydrogen-bond donors (Lipinski definition) is 3. The normalized spacial score (nSPS) is 11.5. The number of nitrogens with zero attached hydrogens (tertiary/aromatic N) is 2. The summed E-state index contributed by atoms with van der Waals surface area (Å²) in [5, 5.41) is 14.6. The van der Waals surface area contributed by atoms with E-state index >= 15 is 0 Å². The van der Waals surface area contributed by atoms with Crippen LogP contribution in [0.4, 0.5) is 16.5 Å². The van der Waals surface area contributed by atoms with Crippen LogP contribution >= 0.6 is 0 Å². The highest BCUT2D eigenvalue weighted by atomic mass is 16.5. The molecular weight excluding hydrogens is 540 g/mol. The largest absolute Gasteiger partial charge is 0.481 e. The number of aryl methyl sites for hydroxylation is 1. The van der Waals surface area contributed by atoms with E-state index in [9.17, 15) is 19.2 Å². The van der Waals surface area contributed by atoms with Gasteiger partial charge < -0.3 is 29.8 Å². The van der Waals surface area contributed by atoms with Gasteiger partial charge in [-0.15, -0.1) is 0 Å². The first-order valence-corrected chi connectivity index (χ1v) is 13.4. The molecule has 4 rings (SSSR count). The molecule has 0 spiro atoms. The summed E-state index contributed by atoms with van der Waals surface area (Å²) in [5.41, 5.74) is 2.27. The summed E-state index contributed by atoms with van der Waals surface area (Å²) in [5.74, 6) is -1.40. The van der Waals surface area contributed by atoms with E-state index < -0.39 is 29.6 Å². The number of anilines is 2. The Morgan fingerprint density at radius 3 is 2.36 bits per heavy atom. The third-order valence-electron chi connectivity index (χ3n) is 6.50. The smallest absolute Gasteiger partial charge is 0.408 e. The number of benzene rings is 3. The zero-order valence-corrected chi connectivity index (χ0v) is 23.3. The summed E-state index contributed by atoms with van der Waals surface area (Å²) >= 11 is 0. The molecule has 3 N–H and O–H groups in total. The van der Waals surface area contributed by atoms with Crippen LogP contribution in [0, 0.1) is 6.92 Å². The van der Waals surface area contributed by atoms with E-state index in [-0.39, 0.29) is 30.8 Å². The summed E-state index contributed by atoms with van der Waals surface area (Å²) in [6.45, 7) is 2.07. The molecule has 0 radical (unpaired) electrons. The Labute approximate surface area is 242 Å². The lowest BCUT2D eigenvalue weighted by Crippen LogP contribution is -2.45. The second kappa shape index (κ2) is 13.9. The van der Waals surface area contributed by atoms with Gasteiger partial charge in [0, 0.05) is 32.1 Å². The Bertz CT molecular complexity index is 1610. The average molecular weight is 573 g/mol. The quantitative estimate of drug-likeness (QED) is 0.226. The van der Waals surface area contributed by atoms with E-state index in [2.05, 4.69) is 15.6 Å². The molecule has 42 heavy (non-hydrogen) atoms. The molecule has 0 aliphatic carbocycles. The molecule has 0 saturated carbocycles. The molecular formula is C31H32N4O7. The minimum absolute atomic E-state index is 0.0323. The minimum atomic E-state index is -0.962. The van der Waals surface area contributed by atoms with Crippen LogP contribution in [-0.2, 0) is 27.4 Å². The number of nitrogens with one attached hydrogen (secondary N) is 2. The second-order valence-electron chi connectivity index (χ2n) is 9.83. The van der Waals surface area contributed by atoms with E-state index in [1.165, 1.54) is 0 Å². The van der Waals surface area contributed by atoms with Crippen LogP contribution in [-0.4, -0.2) is 47.7 Å². The molecule has 0 unspecified atom stereocenters. The van der Waals surface area contributed by atoms with E-state index in [0.717, 1.165) is 11.1 Å². The van der Waals surface area contributed by atoms with Crippen molar-refractivity contribution in [2.75, 3.05) is 23.8 Å². The van der Waals surface area contributed by atoms with Gasteiger partial charge >= 0.3 is 17.7 Å². The molecule has 3 aromatic carbocycles. The first-order chi connectivity index (χ1) is 20.2. The predicted molar refractivity (Wildman–Crippen MR) is 157 cm³/mol. The van der Waals surface area contributed by atoms with Gasteiger partial charge in [-0.2, -0.15) is 4.98 Å². The Morgan fingerprint density at radius 2 is 1.69 bits per heavy atom. The molecule has 2 amide bonds. The fraction of sp³-hybridized carbons (Fsp3) is 0.258. The van der Waals surface area contributed by atoms with Gasteiger partial charge in [-0.3, -0.25) is 9.59 Å². The van der Waals surface area contributed by atoms with Crippen LogP contribution in [0.3, 0.4) is 0 Å². The lowest BCUT2D eigenvalue weighted by atomic mass is 10.0. The lowest BCUT2D eigenvalue weighted by Gasteiger charge is -2.19. The van der Waals surface area contributed by atoms with Gasteiger partial charge in [-0.1, -0.05) is 60.7 Å². The SMILES string of the molecule is Cc1cc(NC(=O)[C@H](Cc2ccccc2)NC(=O)OCc2ccccc2)cc2nc(N(C)CCCC(=O)O)oc(=O)c12. The monoisotopic (exact) mass is 572 g/mol. The third-order valence-corrected chi connectivity index (χ3v) is 6.50. The highest BCUT2D eigenvalue weighted by Gasteiger charge is 2.23. The first kappa shape index (κ1) is 29.8. The molecule has 218 valence electrons. The lowest BCUT2D eigenvalue weighted by molar-refractivity contribution is -0.137. The molecule has 0 saturated heterocycles. The highest BCUT2D eigenvalue weighted by molar-refractivity contribution is 5.98. The number of amides is 2. The van der Waals surface area contributed by atoms with Crippen molar-refractivity contribution >= 4 is 40.6 Å². The summed E-state index contributed by atoms with van der Waals surface area (Å²) in [6, 6.07) is 20.7. The molecule has 0 fully saturated rings. The Balaban J connectivity index is 1.53. The maximum Gasteiger partial charge on any atom is 0.408 e. The summed E-state index contributed by atoms with van der Waals surface area (Å²) in [7, 11) is 1.65. The number of hydrogen-bond acceptors (Lipinski definition) is 8. The van der Waals surface area contributed by atoms with Crippen LogP contribution < -0.4 is 21.2 Å². The molecule has 11 nitrogen and oxygen atoms in total. The molecule has 0 aliphatic heterocycles. The Kier molecular flexibility index (Phi) is 9.88. The van der Waals surface area contributed by atoms with Crippen molar-refractivity contribution < 1.29 is 28.6 Å². The van der Waals surface area contributed by atoms with Crippen molar-refractivity contribution in [3.8, 4) is 0 Å². The molecule has 1 aromatic heterocycles. The molecule has 11 heteroatoms. The molecule has 1 heterocycles. The standard InChI is InChI=1S/C31H32N4O7/c1-20-16-23(18-24-27(20)29(39)42-30(33-24)35(2)15-9-14-26(36)37)32-28(38)25(17-21-10-5-3-6-11-21)34-31(40)41-19-22-12-7-4-8-13-22/h3-8,10-13,16,18,25H,9,14-15,17,19H2,1-2H3,(H,32,38)(H,34,40)(H,36,37)/t25-/m0/s1. The van der Waals surface area contributed by atoms with Crippen molar-refractivity contribution in [2.45, 2.75) is 38.8 Å². The van der Waals surface area contributed by atoms with E-state index in [1.807, 2.05) is 60.7 Å². The number of alkyl carbamates (subject to hydrolysis) is 1. The number of carbonyl (C=O) groups is 3. The zero-order valence-electron chi connectivity index (χ0n) is 23.3. The fourth-order valence-electron chi connectivity index (χ4n) is 4.38. The number of rotatable bonds is 12. The highest BCUT2D eigenvalue weighted by Crippen LogP contribution is 2.22. The van der Waals surface area contributed by atoms with Gasteiger partial charge in [0.2, 0.25) is 5.91 Å². The van der Waals surface area contributed by atoms with Gasteiger partial charge in [0.15, 0.2) is 0 Å². The number of carbonyl (C=O) groups excluding carboxylic acids is 2. The number of carboxylic acids is 1. The first-order valence-electron chi connectivity index (χ1n) is 13.4. The summed E-state index contributed by atoms with van der Waals surface area (Å²) in [6.07, 6.45) is -0.213. The van der Waals surface area contributed by atoms with Crippen molar-refractivity contribution in [2.24, 2.45) is 0 Å². The Morgan fingerprint density at radius 1 is 1.02 bits per heavy atom. The number of ether oxygens (including phenoxy) is 1. The van der Waals surface area contributed by atoms with Crippen LogP contribution in [0.1, 0.15) is 29.5 Å². The van der Waals surface area contributed by atoms with Gasteiger partial charge in [0.25, 0.3) is 6.01 Å². The van der Waals surface area contributed by atoms with Gasteiger partial charge in [-0.05, 0) is 42.2 Å². The van der Waals surface area contributed by atoms with Crippen LogP contribution in [0.5, 0.6) is 0 Å². The van der Waals surface area contributed by atoms with Crippen LogP contribution in [0.2, 0.25) is 0 Å². The maximum atomic E-state index is 13.5. The molecule has 4 aromatic rings. The topological polar surface area (TPSA) is 151 Å². The van der Waals surface area contributed by atoms with Crippen molar-refractivity contribution in [3.63, 3.8) is 0 Å². The third kappa shape index (κ3) is 8.17. The van der Waals surface area contributed by atoms with Crippen molar-refractivity contribution in [3.05, 3.63) is 99.9 Å². The van der Waals surface area contributed by atoms with Crippen LogP contribution in [0.25, 0.3) is 10.9 Å². The number of carboxylic acid groups (broad SMARTS) is 1. The Hall–Kier alpha value is -5.19. The minimum Gasteiger partial charge on any atom is -0.481 e. The van der Waals surface area contributed by atoms with E-state index in [4.69, 9.17) is 14.3 Å². The molecule has 0 bridgehead atoms. The van der Waals surface area contributed by atoms with Crippen molar-refractivity contribution in [1.29, 1.82) is 0 Å². The van der Waals surface area contributed by atoms with Crippen LogP contribution in [0.15, 0.2) is 82.0 Å². The average Bonchev–Trinajstić information content (AvgIpc) is 2.96. The fourth-order valence-corrected chi connectivity index (χ4v) is 4.38. The predicted octanol–water partition coefficient (Wildman–Crippen LogP) is 4.27.